The number of halogens is 2. The molecule has 2 aromatic rings. The average molecular weight is 339 g/mol. The maximum Gasteiger partial charge on any atom is 0.255 e. The van der Waals surface area contributed by atoms with E-state index in [0.29, 0.717) is 15.1 Å². The van der Waals surface area contributed by atoms with Crippen molar-refractivity contribution >= 4 is 39.1 Å². The third-order valence-electron chi connectivity index (χ3n) is 2.95. The first-order valence-electron chi connectivity index (χ1n) is 5.81. The molecule has 2 rings (SSSR count). The first-order valence-corrected chi connectivity index (χ1v) is 6.98. The molecule has 0 spiro atoms. The van der Waals surface area contributed by atoms with E-state index in [4.69, 9.17) is 11.6 Å². The summed E-state index contributed by atoms with van der Waals surface area (Å²) in [5, 5.41) is 3.46. The quantitative estimate of drug-likeness (QED) is 0.823. The molecule has 4 heteroatoms. The molecule has 0 fully saturated rings. The van der Waals surface area contributed by atoms with Crippen molar-refractivity contribution in [3.63, 3.8) is 0 Å². The van der Waals surface area contributed by atoms with E-state index in [9.17, 15) is 4.79 Å². The van der Waals surface area contributed by atoms with Crippen molar-refractivity contribution in [2.75, 3.05) is 5.32 Å². The van der Waals surface area contributed by atoms with Gasteiger partial charge in [0.2, 0.25) is 0 Å². The number of nitrogens with one attached hydrogen (secondary N) is 1. The van der Waals surface area contributed by atoms with Crippen molar-refractivity contribution in [1.29, 1.82) is 0 Å². The second-order valence-corrected chi connectivity index (χ2v) is 5.64. The normalized spacial score (nSPS) is 10.3. The van der Waals surface area contributed by atoms with E-state index in [1.807, 2.05) is 32.0 Å². The van der Waals surface area contributed by atoms with Crippen LogP contribution in [-0.4, -0.2) is 5.91 Å². The van der Waals surface area contributed by atoms with Gasteiger partial charge in [0.15, 0.2) is 0 Å². The van der Waals surface area contributed by atoms with Crippen molar-refractivity contribution in [3.8, 4) is 0 Å². The van der Waals surface area contributed by atoms with Gasteiger partial charge in [-0.25, -0.2) is 0 Å². The van der Waals surface area contributed by atoms with Gasteiger partial charge in [0.25, 0.3) is 5.91 Å². The fourth-order valence-electron chi connectivity index (χ4n) is 1.66. The Morgan fingerprint density at radius 3 is 2.47 bits per heavy atom. The second-order valence-electron chi connectivity index (χ2n) is 4.38. The fourth-order valence-corrected chi connectivity index (χ4v) is 2.16. The molecule has 2 aromatic carbocycles. The molecule has 0 aliphatic heterocycles. The molecular weight excluding hydrogens is 326 g/mol. The number of rotatable bonds is 2. The van der Waals surface area contributed by atoms with Gasteiger partial charge in [-0.2, -0.15) is 0 Å². The molecule has 0 bridgehead atoms. The summed E-state index contributed by atoms with van der Waals surface area (Å²) in [7, 11) is 0. The van der Waals surface area contributed by atoms with Crippen molar-refractivity contribution in [2.24, 2.45) is 0 Å². The van der Waals surface area contributed by atoms with E-state index in [-0.39, 0.29) is 5.91 Å². The van der Waals surface area contributed by atoms with Crippen LogP contribution in [0.4, 0.5) is 5.69 Å². The number of carbonyl (C=O) groups excluding carboxylic acids is 1. The van der Waals surface area contributed by atoms with Gasteiger partial charge in [0.05, 0.1) is 5.02 Å². The Balaban J connectivity index is 2.20. The zero-order valence-corrected chi connectivity index (χ0v) is 13.0. The molecule has 19 heavy (non-hydrogen) atoms. The van der Waals surface area contributed by atoms with E-state index in [1.54, 1.807) is 18.2 Å². The Morgan fingerprint density at radius 1 is 1.11 bits per heavy atom. The predicted octanol–water partition coefficient (Wildman–Crippen LogP) is 4.97. The Bertz CT molecular complexity index is 640. The molecular formula is C15H13BrClNO. The third-order valence-corrected chi connectivity index (χ3v) is 4.16. The van der Waals surface area contributed by atoms with Gasteiger partial charge in [0.1, 0.15) is 0 Å². The SMILES string of the molecule is Cc1ccc(NC(=O)c2ccc(Cl)c(Br)c2)cc1C. The van der Waals surface area contributed by atoms with Crippen LogP contribution in [0.5, 0.6) is 0 Å². The van der Waals surface area contributed by atoms with Crippen LogP contribution in [0, 0.1) is 13.8 Å². The van der Waals surface area contributed by atoms with Crippen molar-refractivity contribution in [3.05, 3.63) is 62.6 Å². The summed E-state index contributed by atoms with van der Waals surface area (Å²) in [5.74, 6) is -0.152. The Kier molecular flexibility index (Phi) is 4.27. The summed E-state index contributed by atoms with van der Waals surface area (Å²) in [5.41, 5.74) is 3.70. The maximum atomic E-state index is 12.1. The van der Waals surface area contributed by atoms with Gasteiger partial charge in [0, 0.05) is 15.7 Å². The predicted molar refractivity (Wildman–Crippen MR) is 83.0 cm³/mol. The van der Waals surface area contributed by atoms with Crippen molar-refractivity contribution in [1.82, 2.24) is 0 Å². The number of anilines is 1. The minimum absolute atomic E-state index is 0.152. The molecule has 0 aromatic heterocycles. The van der Waals surface area contributed by atoms with Crippen LogP contribution in [0.25, 0.3) is 0 Å². The summed E-state index contributed by atoms with van der Waals surface area (Å²) in [6.07, 6.45) is 0. The lowest BCUT2D eigenvalue weighted by molar-refractivity contribution is 0.102. The zero-order valence-electron chi connectivity index (χ0n) is 10.6. The highest BCUT2D eigenvalue weighted by molar-refractivity contribution is 9.10. The minimum atomic E-state index is -0.152. The van der Waals surface area contributed by atoms with Crippen LogP contribution in [0.1, 0.15) is 21.5 Å². The number of carbonyl (C=O) groups is 1. The molecule has 0 radical (unpaired) electrons. The maximum absolute atomic E-state index is 12.1. The highest BCUT2D eigenvalue weighted by Crippen LogP contribution is 2.24. The summed E-state index contributed by atoms with van der Waals surface area (Å²) in [6, 6.07) is 10.9. The van der Waals surface area contributed by atoms with Crippen LogP contribution < -0.4 is 5.32 Å². The van der Waals surface area contributed by atoms with E-state index in [0.717, 1.165) is 11.3 Å². The van der Waals surface area contributed by atoms with Gasteiger partial charge in [-0.05, 0) is 71.2 Å². The van der Waals surface area contributed by atoms with Crippen molar-refractivity contribution < 1.29 is 4.79 Å². The van der Waals surface area contributed by atoms with Crippen LogP contribution in [0.3, 0.4) is 0 Å². The third kappa shape index (κ3) is 3.37. The fraction of sp³-hybridized carbons (Fsp3) is 0.133. The van der Waals surface area contributed by atoms with E-state index < -0.39 is 0 Å². The topological polar surface area (TPSA) is 29.1 Å². The average Bonchev–Trinajstić information content (AvgIpc) is 2.37. The smallest absolute Gasteiger partial charge is 0.255 e. The monoisotopic (exact) mass is 337 g/mol. The molecule has 0 saturated carbocycles. The number of benzene rings is 2. The minimum Gasteiger partial charge on any atom is -0.322 e. The van der Waals surface area contributed by atoms with Crippen LogP contribution in [0.15, 0.2) is 40.9 Å². The molecule has 1 amide bonds. The van der Waals surface area contributed by atoms with E-state index in [1.165, 1.54) is 5.56 Å². The van der Waals surface area contributed by atoms with Crippen LogP contribution in [-0.2, 0) is 0 Å². The molecule has 0 saturated heterocycles. The zero-order chi connectivity index (χ0) is 14.0. The second kappa shape index (κ2) is 5.76. The molecule has 2 nitrogen and oxygen atoms in total. The van der Waals surface area contributed by atoms with Crippen LogP contribution in [0.2, 0.25) is 5.02 Å². The van der Waals surface area contributed by atoms with Crippen LogP contribution >= 0.6 is 27.5 Å². The lowest BCUT2D eigenvalue weighted by atomic mass is 10.1. The highest BCUT2D eigenvalue weighted by atomic mass is 79.9. The summed E-state index contributed by atoms with van der Waals surface area (Å²) >= 11 is 9.21. The molecule has 1 N–H and O–H groups in total. The lowest BCUT2D eigenvalue weighted by Gasteiger charge is -2.08. The van der Waals surface area contributed by atoms with E-state index >= 15 is 0 Å². The molecule has 0 atom stereocenters. The van der Waals surface area contributed by atoms with Gasteiger partial charge in [-0.1, -0.05) is 17.7 Å². The Morgan fingerprint density at radius 2 is 1.84 bits per heavy atom. The molecule has 0 unspecified atom stereocenters. The molecule has 0 aliphatic carbocycles. The van der Waals surface area contributed by atoms with E-state index in [2.05, 4.69) is 21.2 Å². The summed E-state index contributed by atoms with van der Waals surface area (Å²) in [6.45, 7) is 4.06. The number of amides is 1. The van der Waals surface area contributed by atoms with Gasteiger partial charge >= 0.3 is 0 Å². The van der Waals surface area contributed by atoms with Crippen molar-refractivity contribution in [2.45, 2.75) is 13.8 Å². The molecule has 0 aliphatic rings. The Labute approximate surface area is 125 Å². The summed E-state index contributed by atoms with van der Waals surface area (Å²) in [4.78, 5) is 12.1. The molecule has 0 heterocycles. The number of hydrogen-bond acceptors (Lipinski definition) is 1. The standard InChI is InChI=1S/C15H13BrClNO/c1-9-3-5-12(7-10(9)2)18-15(19)11-4-6-14(17)13(16)8-11/h3-8H,1-2H3,(H,18,19). The van der Waals surface area contributed by atoms with Gasteiger partial charge < -0.3 is 5.32 Å². The lowest BCUT2D eigenvalue weighted by Crippen LogP contribution is -2.12. The number of hydrogen-bond donors (Lipinski definition) is 1. The first-order chi connectivity index (χ1) is 8.97. The van der Waals surface area contributed by atoms with Gasteiger partial charge in [-0.3, -0.25) is 4.79 Å². The highest BCUT2D eigenvalue weighted by Gasteiger charge is 2.08. The molecule has 98 valence electrons. The largest absolute Gasteiger partial charge is 0.322 e. The first kappa shape index (κ1) is 14.1. The number of aryl methyl sites for hydroxylation is 2. The van der Waals surface area contributed by atoms with Gasteiger partial charge in [-0.15, -0.1) is 0 Å². The Hall–Kier alpha value is -1.32. The summed E-state index contributed by atoms with van der Waals surface area (Å²) < 4.78 is 0.710.